The van der Waals surface area contributed by atoms with Gasteiger partial charge in [0.2, 0.25) is 0 Å². The molecule has 0 spiro atoms. The summed E-state index contributed by atoms with van der Waals surface area (Å²) in [5.74, 6) is -1.13. The Hall–Kier alpha value is -1.78. The predicted molar refractivity (Wildman–Crippen MR) is 83.2 cm³/mol. The molecule has 2 nitrogen and oxygen atoms in total. The van der Waals surface area contributed by atoms with E-state index in [0.29, 0.717) is 31.6 Å². The van der Waals surface area contributed by atoms with Crippen LogP contribution < -0.4 is 0 Å². The van der Waals surface area contributed by atoms with E-state index in [1.807, 2.05) is 42.2 Å². The van der Waals surface area contributed by atoms with Gasteiger partial charge in [0.1, 0.15) is 11.6 Å². The number of benzene rings is 2. The van der Waals surface area contributed by atoms with Gasteiger partial charge in [-0.3, -0.25) is 4.90 Å². The van der Waals surface area contributed by atoms with Gasteiger partial charge in [-0.2, -0.15) is 0 Å². The summed E-state index contributed by atoms with van der Waals surface area (Å²) in [6.07, 6.45) is 0.171. The highest BCUT2D eigenvalue weighted by Crippen LogP contribution is 2.15. The number of aliphatic hydroxyl groups excluding tert-OH is 1. The summed E-state index contributed by atoms with van der Waals surface area (Å²) < 4.78 is 26.8. The van der Waals surface area contributed by atoms with Crippen molar-refractivity contribution in [2.24, 2.45) is 0 Å². The SMILES string of the molecule is CC[C@H](O)CN(Cc1ccccc1)Cc1ccc(F)cc1F. The normalized spacial score (nSPS) is 12.6. The van der Waals surface area contributed by atoms with Gasteiger partial charge >= 0.3 is 0 Å². The summed E-state index contributed by atoms with van der Waals surface area (Å²) in [4.78, 5) is 1.97. The second-order valence-electron chi connectivity index (χ2n) is 5.45. The number of halogens is 2. The zero-order valence-corrected chi connectivity index (χ0v) is 12.7. The van der Waals surface area contributed by atoms with Crippen molar-refractivity contribution in [1.29, 1.82) is 0 Å². The highest BCUT2D eigenvalue weighted by atomic mass is 19.1. The minimum Gasteiger partial charge on any atom is -0.392 e. The molecule has 0 saturated heterocycles. The fourth-order valence-corrected chi connectivity index (χ4v) is 2.34. The van der Waals surface area contributed by atoms with E-state index in [0.717, 1.165) is 11.6 Å². The summed E-state index contributed by atoms with van der Waals surface area (Å²) in [5.41, 5.74) is 1.52. The predicted octanol–water partition coefficient (Wildman–Crippen LogP) is 3.74. The Balaban J connectivity index is 2.13. The van der Waals surface area contributed by atoms with E-state index >= 15 is 0 Å². The van der Waals surface area contributed by atoms with Crippen molar-refractivity contribution in [2.45, 2.75) is 32.5 Å². The second kappa shape index (κ2) is 8.01. The Morgan fingerprint density at radius 3 is 2.41 bits per heavy atom. The Bertz CT molecular complexity index is 589. The molecule has 1 atom stereocenters. The van der Waals surface area contributed by atoms with E-state index in [1.54, 1.807) is 0 Å². The van der Waals surface area contributed by atoms with E-state index in [-0.39, 0.29) is 0 Å². The lowest BCUT2D eigenvalue weighted by Gasteiger charge is -2.25. The van der Waals surface area contributed by atoms with Gasteiger partial charge in [0.15, 0.2) is 0 Å². The van der Waals surface area contributed by atoms with Crippen molar-refractivity contribution in [1.82, 2.24) is 4.90 Å². The molecule has 0 radical (unpaired) electrons. The lowest BCUT2D eigenvalue weighted by atomic mass is 10.1. The zero-order chi connectivity index (χ0) is 15.9. The van der Waals surface area contributed by atoms with Crippen LogP contribution in [0.15, 0.2) is 48.5 Å². The number of rotatable bonds is 7. The van der Waals surface area contributed by atoms with Crippen LogP contribution in [0.25, 0.3) is 0 Å². The molecular formula is C18H21F2NO. The summed E-state index contributed by atoms with van der Waals surface area (Å²) in [5, 5.41) is 9.90. The lowest BCUT2D eigenvalue weighted by molar-refractivity contribution is 0.101. The second-order valence-corrected chi connectivity index (χ2v) is 5.45. The number of hydrogen-bond donors (Lipinski definition) is 1. The topological polar surface area (TPSA) is 23.5 Å². The van der Waals surface area contributed by atoms with Crippen LogP contribution in [0.2, 0.25) is 0 Å². The third-order valence-corrected chi connectivity index (χ3v) is 3.60. The first-order valence-electron chi connectivity index (χ1n) is 7.46. The summed E-state index contributed by atoms with van der Waals surface area (Å²) in [7, 11) is 0. The van der Waals surface area contributed by atoms with Crippen LogP contribution in [0.1, 0.15) is 24.5 Å². The van der Waals surface area contributed by atoms with Gasteiger partial charge in [0.05, 0.1) is 6.10 Å². The third-order valence-electron chi connectivity index (χ3n) is 3.60. The first-order chi connectivity index (χ1) is 10.6. The Labute approximate surface area is 130 Å². The number of hydrogen-bond acceptors (Lipinski definition) is 2. The van der Waals surface area contributed by atoms with Gasteiger partial charge in [-0.25, -0.2) is 8.78 Å². The molecule has 0 bridgehead atoms. The molecule has 4 heteroatoms. The zero-order valence-electron chi connectivity index (χ0n) is 12.7. The molecule has 0 heterocycles. The van der Waals surface area contributed by atoms with Crippen LogP contribution in [0.5, 0.6) is 0 Å². The van der Waals surface area contributed by atoms with Crippen molar-refractivity contribution in [3.63, 3.8) is 0 Å². The number of nitrogens with zero attached hydrogens (tertiary/aromatic N) is 1. The third kappa shape index (κ3) is 4.90. The van der Waals surface area contributed by atoms with Crippen LogP contribution in [0, 0.1) is 11.6 Å². The fraction of sp³-hybridized carbons (Fsp3) is 0.333. The Morgan fingerprint density at radius 1 is 1.05 bits per heavy atom. The monoisotopic (exact) mass is 305 g/mol. The van der Waals surface area contributed by atoms with Gasteiger partial charge in [-0.1, -0.05) is 43.3 Å². The highest BCUT2D eigenvalue weighted by molar-refractivity contribution is 5.19. The Kier molecular flexibility index (Phi) is 6.04. The van der Waals surface area contributed by atoms with E-state index in [2.05, 4.69) is 0 Å². The lowest BCUT2D eigenvalue weighted by Crippen LogP contribution is -2.31. The minimum absolute atomic E-state index is 0.331. The van der Waals surface area contributed by atoms with E-state index in [1.165, 1.54) is 12.1 Å². The summed E-state index contributed by atoms with van der Waals surface area (Å²) in [6, 6.07) is 13.4. The van der Waals surface area contributed by atoms with E-state index in [4.69, 9.17) is 0 Å². The molecule has 0 aliphatic rings. The molecule has 0 unspecified atom stereocenters. The molecule has 0 amide bonds. The Morgan fingerprint density at radius 2 is 1.77 bits per heavy atom. The average Bonchev–Trinajstić information content (AvgIpc) is 2.51. The molecule has 2 rings (SSSR count). The molecule has 2 aromatic carbocycles. The largest absolute Gasteiger partial charge is 0.392 e. The fourth-order valence-electron chi connectivity index (χ4n) is 2.34. The van der Waals surface area contributed by atoms with Gasteiger partial charge < -0.3 is 5.11 Å². The maximum atomic E-state index is 13.8. The quantitative estimate of drug-likeness (QED) is 0.842. The first-order valence-corrected chi connectivity index (χ1v) is 7.46. The molecule has 2 aromatic rings. The molecule has 22 heavy (non-hydrogen) atoms. The van der Waals surface area contributed by atoms with Crippen LogP contribution in [-0.2, 0) is 13.1 Å². The standard InChI is InChI=1S/C18H21F2NO/c1-2-17(22)13-21(11-14-6-4-3-5-7-14)12-15-8-9-16(19)10-18(15)20/h3-10,17,22H,2,11-13H2,1H3/t17-/m0/s1. The van der Waals surface area contributed by atoms with Crippen LogP contribution in [0.3, 0.4) is 0 Å². The van der Waals surface area contributed by atoms with Crippen LogP contribution in [0.4, 0.5) is 8.78 Å². The van der Waals surface area contributed by atoms with Gasteiger partial charge in [0.25, 0.3) is 0 Å². The van der Waals surface area contributed by atoms with Crippen molar-refractivity contribution in [3.8, 4) is 0 Å². The van der Waals surface area contributed by atoms with Crippen molar-refractivity contribution in [2.75, 3.05) is 6.54 Å². The van der Waals surface area contributed by atoms with E-state index in [9.17, 15) is 13.9 Å². The molecule has 0 fully saturated rings. The molecule has 0 aliphatic carbocycles. The molecular weight excluding hydrogens is 284 g/mol. The molecule has 0 saturated carbocycles. The van der Waals surface area contributed by atoms with Crippen LogP contribution in [-0.4, -0.2) is 22.7 Å². The summed E-state index contributed by atoms with van der Waals surface area (Å²) in [6.45, 7) is 3.29. The minimum atomic E-state index is -0.579. The van der Waals surface area contributed by atoms with Gasteiger partial charge in [-0.05, 0) is 18.1 Å². The number of aliphatic hydroxyl groups is 1. The maximum Gasteiger partial charge on any atom is 0.130 e. The smallest absolute Gasteiger partial charge is 0.130 e. The van der Waals surface area contributed by atoms with Crippen molar-refractivity contribution in [3.05, 3.63) is 71.3 Å². The molecule has 0 aromatic heterocycles. The van der Waals surface area contributed by atoms with E-state index < -0.39 is 17.7 Å². The van der Waals surface area contributed by atoms with Crippen molar-refractivity contribution < 1.29 is 13.9 Å². The molecule has 0 aliphatic heterocycles. The summed E-state index contributed by atoms with van der Waals surface area (Å²) >= 11 is 0. The first kappa shape index (κ1) is 16.6. The molecule has 1 N–H and O–H groups in total. The van der Waals surface area contributed by atoms with Crippen molar-refractivity contribution >= 4 is 0 Å². The maximum absolute atomic E-state index is 13.8. The average molecular weight is 305 g/mol. The van der Waals surface area contributed by atoms with Gasteiger partial charge in [-0.15, -0.1) is 0 Å². The van der Waals surface area contributed by atoms with Gasteiger partial charge in [0, 0.05) is 31.3 Å². The molecule has 118 valence electrons. The van der Waals surface area contributed by atoms with Crippen LogP contribution >= 0.6 is 0 Å². The highest BCUT2D eigenvalue weighted by Gasteiger charge is 2.14.